The molecule has 0 aliphatic rings. The molecule has 2 aromatic rings. The van der Waals surface area contributed by atoms with Crippen molar-refractivity contribution < 1.29 is 4.39 Å². The van der Waals surface area contributed by atoms with E-state index in [1.807, 2.05) is 25.1 Å². The summed E-state index contributed by atoms with van der Waals surface area (Å²) in [5.74, 6) is -0.457. The molecule has 0 radical (unpaired) electrons. The molecular weight excluding hydrogens is 251 g/mol. The van der Waals surface area contributed by atoms with Crippen molar-refractivity contribution in [3.8, 4) is 6.07 Å². The number of hydrogen-bond acceptors (Lipinski definition) is 2. The first kappa shape index (κ1) is 12.4. The third kappa shape index (κ3) is 2.61. The molecule has 0 bridgehead atoms. The van der Waals surface area contributed by atoms with E-state index in [0.29, 0.717) is 16.4 Å². The molecule has 0 heterocycles. The summed E-state index contributed by atoms with van der Waals surface area (Å²) < 4.78 is 13.3. The number of rotatable bonds is 2. The van der Waals surface area contributed by atoms with Crippen LogP contribution in [0.2, 0.25) is 5.02 Å². The molecule has 90 valence electrons. The second-order valence-electron chi connectivity index (χ2n) is 3.90. The molecule has 0 saturated carbocycles. The maximum Gasteiger partial charge on any atom is 0.126 e. The summed E-state index contributed by atoms with van der Waals surface area (Å²) in [6.45, 7) is 1.90. The van der Waals surface area contributed by atoms with Gasteiger partial charge < -0.3 is 5.32 Å². The average molecular weight is 261 g/mol. The van der Waals surface area contributed by atoms with E-state index in [0.717, 1.165) is 5.56 Å². The van der Waals surface area contributed by atoms with Gasteiger partial charge >= 0.3 is 0 Å². The summed E-state index contributed by atoms with van der Waals surface area (Å²) in [5, 5.41) is 12.4. The first-order valence-electron chi connectivity index (χ1n) is 5.33. The molecular formula is C14H10ClFN2. The first-order chi connectivity index (χ1) is 8.60. The highest BCUT2D eigenvalue weighted by Gasteiger charge is 2.06. The van der Waals surface area contributed by atoms with Gasteiger partial charge in [0.05, 0.1) is 22.3 Å². The van der Waals surface area contributed by atoms with E-state index in [1.165, 1.54) is 12.1 Å². The maximum atomic E-state index is 13.3. The zero-order valence-electron chi connectivity index (χ0n) is 9.67. The molecule has 0 aromatic heterocycles. The molecule has 0 unspecified atom stereocenters. The van der Waals surface area contributed by atoms with E-state index in [9.17, 15) is 4.39 Å². The van der Waals surface area contributed by atoms with E-state index in [-0.39, 0.29) is 5.56 Å². The Labute approximate surface area is 110 Å². The standard InChI is InChI=1S/C14H10ClFN2/c1-9-3-2-4-13(15)14(9)18-12-6-10(8-17)5-11(16)7-12/h2-7,18H,1H3. The van der Waals surface area contributed by atoms with Gasteiger partial charge in [0.1, 0.15) is 5.82 Å². The van der Waals surface area contributed by atoms with Gasteiger partial charge in [-0.25, -0.2) is 4.39 Å². The minimum Gasteiger partial charge on any atom is -0.354 e. The number of nitrogens with zero attached hydrogens (tertiary/aromatic N) is 1. The number of aryl methyl sites for hydroxylation is 1. The van der Waals surface area contributed by atoms with Crippen molar-refractivity contribution in [1.29, 1.82) is 5.26 Å². The number of benzene rings is 2. The first-order valence-corrected chi connectivity index (χ1v) is 5.71. The molecule has 0 aliphatic carbocycles. The number of anilines is 2. The van der Waals surface area contributed by atoms with Gasteiger partial charge in [-0.05, 0) is 36.8 Å². The van der Waals surface area contributed by atoms with Crippen LogP contribution in [0, 0.1) is 24.1 Å². The number of para-hydroxylation sites is 1. The highest BCUT2D eigenvalue weighted by atomic mass is 35.5. The predicted molar refractivity (Wildman–Crippen MR) is 70.6 cm³/mol. The quantitative estimate of drug-likeness (QED) is 0.869. The van der Waals surface area contributed by atoms with Gasteiger partial charge in [0.2, 0.25) is 0 Å². The fraction of sp³-hybridized carbons (Fsp3) is 0.0714. The average Bonchev–Trinajstić information content (AvgIpc) is 2.33. The van der Waals surface area contributed by atoms with Gasteiger partial charge in [-0.2, -0.15) is 5.26 Å². The zero-order valence-corrected chi connectivity index (χ0v) is 10.4. The molecule has 0 spiro atoms. The van der Waals surface area contributed by atoms with Gasteiger partial charge in [-0.1, -0.05) is 23.7 Å². The second kappa shape index (κ2) is 5.07. The molecule has 0 fully saturated rings. The molecule has 18 heavy (non-hydrogen) atoms. The third-order valence-electron chi connectivity index (χ3n) is 2.52. The Morgan fingerprint density at radius 2 is 2.06 bits per heavy atom. The SMILES string of the molecule is Cc1cccc(Cl)c1Nc1cc(F)cc(C#N)c1. The zero-order chi connectivity index (χ0) is 13.1. The normalized spacial score (nSPS) is 9.89. The maximum absolute atomic E-state index is 13.3. The van der Waals surface area contributed by atoms with Gasteiger partial charge in [-0.15, -0.1) is 0 Å². The Morgan fingerprint density at radius 3 is 2.72 bits per heavy atom. The summed E-state index contributed by atoms with van der Waals surface area (Å²) in [6, 6.07) is 11.5. The summed E-state index contributed by atoms with van der Waals surface area (Å²) >= 11 is 6.07. The molecule has 4 heteroatoms. The Bertz CT molecular complexity index is 612. The van der Waals surface area contributed by atoms with Gasteiger partial charge in [0.25, 0.3) is 0 Å². The van der Waals surface area contributed by atoms with E-state index >= 15 is 0 Å². The topological polar surface area (TPSA) is 35.8 Å². The van der Waals surface area contributed by atoms with E-state index in [4.69, 9.17) is 16.9 Å². The lowest BCUT2D eigenvalue weighted by Crippen LogP contribution is -1.95. The van der Waals surface area contributed by atoms with Crippen molar-refractivity contribution in [3.05, 3.63) is 58.4 Å². The van der Waals surface area contributed by atoms with Gasteiger partial charge in [0, 0.05) is 5.69 Å². The summed E-state index contributed by atoms with van der Waals surface area (Å²) in [6.07, 6.45) is 0. The molecule has 1 N–H and O–H groups in total. The highest BCUT2D eigenvalue weighted by Crippen LogP contribution is 2.29. The second-order valence-corrected chi connectivity index (χ2v) is 4.30. The molecule has 2 nitrogen and oxygen atoms in total. The lowest BCUT2D eigenvalue weighted by Gasteiger charge is -2.11. The van der Waals surface area contributed by atoms with Crippen LogP contribution in [0.25, 0.3) is 0 Å². The van der Waals surface area contributed by atoms with Crippen LogP contribution in [0.3, 0.4) is 0 Å². The molecule has 0 atom stereocenters. The lowest BCUT2D eigenvalue weighted by molar-refractivity contribution is 0.628. The van der Waals surface area contributed by atoms with E-state index < -0.39 is 5.82 Å². The number of nitrogens with one attached hydrogen (secondary N) is 1. The number of hydrogen-bond donors (Lipinski definition) is 1. The van der Waals surface area contributed by atoms with Crippen LogP contribution in [0.15, 0.2) is 36.4 Å². The van der Waals surface area contributed by atoms with Crippen LogP contribution >= 0.6 is 11.6 Å². The Kier molecular flexibility index (Phi) is 3.50. The highest BCUT2D eigenvalue weighted by molar-refractivity contribution is 6.33. The van der Waals surface area contributed by atoms with Crippen molar-refractivity contribution in [2.24, 2.45) is 0 Å². The third-order valence-corrected chi connectivity index (χ3v) is 2.83. The molecule has 2 rings (SSSR count). The molecule has 2 aromatic carbocycles. The largest absolute Gasteiger partial charge is 0.354 e. The van der Waals surface area contributed by atoms with Crippen molar-refractivity contribution >= 4 is 23.0 Å². The van der Waals surface area contributed by atoms with E-state index in [2.05, 4.69) is 5.32 Å². The van der Waals surface area contributed by atoms with Crippen molar-refractivity contribution in [2.45, 2.75) is 6.92 Å². The van der Waals surface area contributed by atoms with E-state index in [1.54, 1.807) is 12.1 Å². The fourth-order valence-electron chi connectivity index (χ4n) is 1.66. The molecule has 0 aliphatic heterocycles. The van der Waals surface area contributed by atoms with Crippen LogP contribution in [0.1, 0.15) is 11.1 Å². The number of nitriles is 1. The lowest BCUT2D eigenvalue weighted by atomic mass is 10.1. The summed E-state index contributed by atoms with van der Waals surface area (Å²) in [5.41, 5.74) is 2.43. The molecule has 0 saturated heterocycles. The summed E-state index contributed by atoms with van der Waals surface area (Å²) in [7, 11) is 0. The van der Waals surface area contributed by atoms with Crippen LogP contribution in [-0.2, 0) is 0 Å². The minimum atomic E-state index is -0.457. The van der Waals surface area contributed by atoms with Crippen molar-refractivity contribution in [2.75, 3.05) is 5.32 Å². The predicted octanol–water partition coefficient (Wildman–Crippen LogP) is 4.40. The van der Waals surface area contributed by atoms with Gasteiger partial charge in [0.15, 0.2) is 0 Å². The van der Waals surface area contributed by atoms with Crippen molar-refractivity contribution in [1.82, 2.24) is 0 Å². The minimum absolute atomic E-state index is 0.266. The monoisotopic (exact) mass is 260 g/mol. The van der Waals surface area contributed by atoms with Crippen LogP contribution in [-0.4, -0.2) is 0 Å². The summed E-state index contributed by atoms with van der Waals surface area (Å²) in [4.78, 5) is 0. The van der Waals surface area contributed by atoms with Crippen LogP contribution in [0.4, 0.5) is 15.8 Å². The molecule has 0 amide bonds. The number of halogens is 2. The smallest absolute Gasteiger partial charge is 0.126 e. The Balaban J connectivity index is 2.40. The fourth-order valence-corrected chi connectivity index (χ4v) is 1.93. The Morgan fingerprint density at radius 1 is 1.28 bits per heavy atom. The van der Waals surface area contributed by atoms with Crippen LogP contribution in [0.5, 0.6) is 0 Å². The van der Waals surface area contributed by atoms with Gasteiger partial charge in [-0.3, -0.25) is 0 Å². The van der Waals surface area contributed by atoms with Crippen molar-refractivity contribution in [3.63, 3.8) is 0 Å². The van der Waals surface area contributed by atoms with Crippen LogP contribution < -0.4 is 5.32 Å². The Hall–Kier alpha value is -2.05.